The van der Waals surface area contributed by atoms with Crippen molar-refractivity contribution >= 4 is 23.2 Å². The number of amides is 1. The fourth-order valence-electron chi connectivity index (χ4n) is 3.30. The molecule has 0 aliphatic rings. The van der Waals surface area contributed by atoms with Crippen LogP contribution in [0.15, 0.2) is 66.0 Å². The summed E-state index contributed by atoms with van der Waals surface area (Å²) in [7, 11) is 0. The molecule has 0 radical (unpaired) electrons. The van der Waals surface area contributed by atoms with Gasteiger partial charge in [-0.15, -0.1) is 0 Å². The van der Waals surface area contributed by atoms with Gasteiger partial charge in [-0.05, 0) is 38.1 Å². The molecule has 0 atom stereocenters. The van der Waals surface area contributed by atoms with E-state index in [9.17, 15) is 4.79 Å². The SMILES string of the molecule is Cc1nn(-c2ccccc2)c(C)c1C=NNC(=O)CCn1cnc2ccccc21. The molecule has 1 N–H and O–H groups in total. The van der Waals surface area contributed by atoms with E-state index >= 15 is 0 Å². The zero-order chi connectivity index (χ0) is 20.2. The van der Waals surface area contributed by atoms with Crippen molar-refractivity contribution in [3.63, 3.8) is 0 Å². The van der Waals surface area contributed by atoms with Crippen LogP contribution in [0.4, 0.5) is 0 Å². The van der Waals surface area contributed by atoms with Gasteiger partial charge < -0.3 is 4.57 Å². The predicted octanol–water partition coefficient (Wildman–Crippen LogP) is 3.38. The largest absolute Gasteiger partial charge is 0.330 e. The molecule has 0 saturated heterocycles. The molecule has 0 aliphatic carbocycles. The maximum atomic E-state index is 12.2. The summed E-state index contributed by atoms with van der Waals surface area (Å²) >= 11 is 0. The maximum absolute atomic E-state index is 12.2. The molecule has 2 aromatic heterocycles. The second-order valence-corrected chi connectivity index (χ2v) is 6.80. The Balaban J connectivity index is 1.39. The summed E-state index contributed by atoms with van der Waals surface area (Å²) < 4.78 is 3.85. The number of hydrazone groups is 1. The zero-order valence-corrected chi connectivity index (χ0v) is 16.4. The normalized spacial score (nSPS) is 11.4. The number of aryl methyl sites for hydroxylation is 2. The van der Waals surface area contributed by atoms with E-state index < -0.39 is 0 Å². The second kappa shape index (κ2) is 8.10. The van der Waals surface area contributed by atoms with Gasteiger partial charge in [-0.2, -0.15) is 10.2 Å². The van der Waals surface area contributed by atoms with Crippen LogP contribution >= 0.6 is 0 Å². The second-order valence-electron chi connectivity index (χ2n) is 6.80. The van der Waals surface area contributed by atoms with E-state index in [2.05, 4.69) is 20.6 Å². The van der Waals surface area contributed by atoms with Gasteiger partial charge in [0.2, 0.25) is 5.91 Å². The minimum atomic E-state index is -0.148. The van der Waals surface area contributed by atoms with Crippen molar-refractivity contribution in [1.29, 1.82) is 0 Å². The Bertz CT molecular complexity index is 1170. The molecule has 2 aromatic carbocycles. The lowest BCUT2D eigenvalue weighted by molar-refractivity contribution is -0.121. The summed E-state index contributed by atoms with van der Waals surface area (Å²) in [6.45, 7) is 4.46. The molecule has 0 bridgehead atoms. The molecule has 4 aromatic rings. The molecule has 7 heteroatoms. The molecular weight excluding hydrogens is 364 g/mol. The molecule has 29 heavy (non-hydrogen) atoms. The number of rotatable bonds is 6. The summed E-state index contributed by atoms with van der Waals surface area (Å²) in [6.07, 6.45) is 3.73. The molecule has 0 fully saturated rings. The van der Waals surface area contributed by atoms with Crippen molar-refractivity contribution in [2.24, 2.45) is 5.10 Å². The minimum Gasteiger partial charge on any atom is -0.330 e. The van der Waals surface area contributed by atoms with Crippen molar-refractivity contribution < 1.29 is 4.79 Å². The lowest BCUT2D eigenvalue weighted by atomic mass is 10.2. The highest BCUT2D eigenvalue weighted by Crippen LogP contribution is 2.16. The first kappa shape index (κ1) is 18.6. The van der Waals surface area contributed by atoms with Gasteiger partial charge in [0.1, 0.15) is 0 Å². The van der Waals surface area contributed by atoms with Crippen LogP contribution in [0.1, 0.15) is 23.4 Å². The predicted molar refractivity (Wildman–Crippen MR) is 113 cm³/mol. The molecule has 0 spiro atoms. The van der Waals surface area contributed by atoms with Gasteiger partial charge in [0.05, 0.1) is 40.7 Å². The van der Waals surface area contributed by atoms with E-state index in [1.807, 2.05) is 77.7 Å². The standard InChI is InChI=1S/C22H22N6O/c1-16-19(17(2)28(26-16)18-8-4-3-5-9-18)14-24-25-22(29)12-13-27-15-23-20-10-6-7-11-21(20)27/h3-11,14-15H,12-13H2,1-2H3,(H,25,29). The van der Waals surface area contributed by atoms with Crippen molar-refractivity contribution in [2.75, 3.05) is 0 Å². The number of nitrogens with zero attached hydrogens (tertiary/aromatic N) is 5. The van der Waals surface area contributed by atoms with Crippen LogP contribution in [0.25, 0.3) is 16.7 Å². The van der Waals surface area contributed by atoms with E-state index in [-0.39, 0.29) is 5.91 Å². The smallest absolute Gasteiger partial charge is 0.241 e. The molecule has 0 unspecified atom stereocenters. The lowest BCUT2D eigenvalue weighted by Gasteiger charge is -2.04. The quantitative estimate of drug-likeness (QED) is 0.408. The van der Waals surface area contributed by atoms with Crippen molar-refractivity contribution in [3.05, 3.63) is 77.9 Å². The third-order valence-corrected chi connectivity index (χ3v) is 4.84. The topological polar surface area (TPSA) is 77.1 Å². The number of imidazole rings is 1. The highest BCUT2D eigenvalue weighted by molar-refractivity contribution is 5.84. The summed E-state index contributed by atoms with van der Waals surface area (Å²) in [5.41, 5.74) is 8.26. The minimum absolute atomic E-state index is 0.148. The fraction of sp³-hybridized carbons (Fsp3) is 0.182. The third-order valence-electron chi connectivity index (χ3n) is 4.84. The average Bonchev–Trinajstić information content (AvgIpc) is 3.28. The number of hydrogen-bond donors (Lipinski definition) is 1. The Morgan fingerprint density at radius 1 is 1.10 bits per heavy atom. The Morgan fingerprint density at radius 2 is 1.86 bits per heavy atom. The molecule has 7 nitrogen and oxygen atoms in total. The van der Waals surface area contributed by atoms with E-state index in [1.54, 1.807) is 12.5 Å². The Morgan fingerprint density at radius 3 is 2.69 bits per heavy atom. The molecule has 1 amide bonds. The van der Waals surface area contributed by atoms with Crippen molar-refractivity contribution in [3.8, 4) is 5.69 Å². The van der Waals surface area contributed by atoms with E-state index in [0.717, 1.165) is 33.7 Å². The van der Waals surface area contributed by atoms with Crippen LogP contribution in [0.3, 0.4) is 0 Å². The van der Waals surface area contributed by atoms with Gasteiger partial charge >= 0.3 is 0 Å². The molecule has 146 valence electrons. The molecule has 0 aliphatic heterocycles. The van der Waals surface area contributed by atoms with Crippen LogP contribution in [-0.2, 0) is 11.3 Å². The monoisotopic (exact) mass is 386 g/mol. The van der Waals surface area contributed by atoms with E-state index in [0.29, 0.717) is 13.0 Å². The van der Waals surface area contributed by atoms with Crippen LogP contribution in [-0.4, -0.2) is 31.5 Å². The zero-order valence-electron chi connectivity index (χ0n) is 16.4. The van der Waals surface area contributed by atoms with Crippen LogP contribution < -0.4 is 5.43 Å². The first-order valence-corrected chi connectivity index (χ1v) is 9.47. The Kier molecular flexibility index (Phi) is 5.20. The Labute approximate surface area is 168 Å². The number of para-hydroxylation sites is 3. The van der Waals surface area contributed by atoms with E-state index in [1.165, 1.54) is 0 Å². The number of hydrogen-bond acceptors (Lipinski definition) is 4. The van der Waals surface area contributed by atoms with Gasteiger partial charge in [-0.25, -0.2) is 15.1 Å². The molecule has 2 heterocycles. The first-order chi connectivity index (χ1) is 14.1. The number of fused-ring (bicyclic) bond motifs is 1. The first-order valence-electron chi connectivity index (χ1n) is 9.47. The maximum Gasteiger partial charge on any atom is 0.241 e. The summed E-state index contributed by atoms with van der Waals surface area (Å²) in [5, 5.41) is 8.71. The van der Waals surface area contributed by atoms with Crippen LogP contribution in [0.2, 0.25) is 0 Å². The summed E-state index contributed by atoms with van der Waals surface area (Å²) in [4.78, 5) is 16.5. The third kappa shape index (κ3) is 3.94. The van der Waals surface area contributed by atoms with Gasteiger partial charge in [-0.3, -0.25) is 4.79 Å². The van der Waals surface area contributed by atoms with E-state index in [4.69, 9.17) is 0 Å². The highest BCUT2D eigenvalue weighted by Gasteiger charge is 2.11. The number of nitrogens with one attached hydrogen (secondary N) is 1. The highest BCUT2D eigenvalue weighted by atomic mass is 16.2. The van der Waals surface area contributed by atoms with Crippen molar-refractivity contribution in [2.45, 2.75) is 26.8 Å². The summed E-state index contributed by atoms with van der Waals surface area (Å²) in [5.74, 6) is -0.148. The van der Waals surface area contributed by atoms with Crippen molar-refractivity contribution in [1.82, 2.24) is 24.8 Å². The van der Waals surface area contributed by atoms with Gasteiger partial charge in [0.15, 0.2) is 0 Å². The number of benzene rings is 2. The molecule has 0 saturated carbocycles. The Hall–Kier alpha value is -3.74. The number of aromatic nitrogens is 4. The molecular formula is C22H22N6O. The van der Waals surface area contributed by atoms with Crippen LogP contribution in [0, 0.1) is 13.8 Å². The summed E-state index contributed by atoms with van der Waals surface area (Å²) in [6, 6.07) is 17.8. The van der Waals surface area contributed by atoms with Gasteiger partial charge in [0, 0.05) is 18.5 Å². The lowest BCUT2D eigenvalue weighted by Crippen LogP contribution is -2.19. The van der Waals surface area contributed by atoms with Gasteiger partial charge in [0.25, 0.3) is 0 Å². The van der Waals surface area contributed by atoms with Gasteiger partial charge in [-0.1, -0.05) is 30.3 Å². The molecule has 4 rings (SSSR count). The van der Waals surface area contributed by atoms with Crippen LogP contribution in [0.5, 0.6) is 0 Å². The number of carbonyl (C=O) groups is 1. The fourth-order valence-corrected chi connectivity index (χ4v) is 3.30. The number of carbonyl (C=O) groups excluding carboxylic acids is 1. The average molecular weight is 386 g/mol.